The summed E-state index contributed by atoms with van der Waals surface area (Å²) in [6.45, 7) is 0. The second-order valence-electron chi connectivity index (χ2n) is 3.98. The smallest absolute Gasteiger partial charge is 0.291 e. The summed E-state index contributed by atoms with van der Waals surface area (Å²) in [5.41, 5.74) is 6.94. The van der Waals surface area contributed by atoms with Crippen LogP contribution in [0.3, 0.4) is 0 Å². The van der Waals surface area contributed by atoms with Crippen LogP contribution in [0.4, 0.5) is 5.69 Å². The number of H-pyrrole nitrogens is 1. The fourth-order valence-corrected chi connectivity index (χ4v) is 1.84. The molecule has 0 spiro atoms. The van der Waals surface area contributed by atoms with Gasteiger partial charge in [0.05, 0.1) is 0 Å². The summed E-state index contributed by atoms with van der Waals surface area (Å²) < 4.78 is 1.64. The lowest BCUT2D eigenvalue weighted by Gasteiger charge is -2.06. The Morgan fingerprint density at radius 2 is 1.89 bits per heavy atom. The van der Waals surface area contributed by atoms with Gasteiger partial charge < -0.3 is 10.7 Å². The Labute approximate surface area is 108 Å². The SMILES string of the molecule is Nc1ccc(-c2nccn2-c2ncc[nH]c2=O)cc1. The highest BCUT2D eigenvalue weighted by atomic mass is 16.1. The second-order valence-corrected chi connectivity index (χ2v) is 3.98. The molecule has 0 aliphatic carbocycles. The molecular formula is C13H11N5O. The van der Waals surface area contributed by atoms with Crippen LogP contribution in [0.1, 0.15) is 0 Å². The number of nitrogens with one attached hydrogen (secondary N) is 1. The van der Waals surface area contributed by atoms with Crippen molar-refractivity contribution in [3.8, 4) is 17.2 Å². The van der Waals surface area contributed by atoms with Gasteiger partial charge >= 0.3 is 0 Å². The summed E-state index contributed by atoms with van der Waals surface area (Å²) in [4.78, 5) is 22.7. The van der Waals surface area contributed by atoms with E-state index in [4.69, 9.17) is 5.73 Å². The highest BCUT2D eigenvalue weighted by Gasteiger charge is 2.10. The Bertz CT molecular complexity index is 757. The molecule has 6 nitrogen and oxygen atoms in total. The minimum Gasteiger partial charge on any atom is -0.399 e. The van der Waals surface area contributed by atoms with E-state index < -0.39 is 0 Å². The lowest BCUT2D eigenvalue weighted by atomic mass is 10.2. The van der Waals surface area contributed by atoms with Crippen LogP contribution in [-0.4, -0.2) is 19.5 Å². The number of aromatic amines is 1. The quantitative estimate of drug-likeness (QED) is 0.671. The molecule has 0 fully saturated rings. The molecule has 0 saturated heterocycles. The van der Waals surface area contributed by atoms with Gasteiger partial charge in [-0.05, 0) is 24.3 Å². The van der Waals surface area contributed by atoms with E-state index in [9.17, 15) is 4.79 Å². The van der Waals surface area contributed by atoms with Crippen molar-refractivity contribution in [3.05, 3.63) is 59.4 Å². The Morgan fingerprint density at radius 3 is 2.63 bits per heavy atom. The third-order valence-electron chi connectivity index (χ3n) is 2.73. The van der Waals surface area contributed by atoms with Crippen LogP contribution in [0.2, 0.25) is 0 Å². The number of hydrogen-bond donors (Lipinski definition) is 2. The third-order valence-corrected chi connectivity index (χ3v) is 2.73. The number of hydrogen-bond acceptors (Lipinski definition) is 4. The predicted molar refractivity (Wildman–Crippen MR) is 71.8 cm³/mol. The molecular weight excluding hydrogens is 242 g/mol. The molecule has 2 heterocycles. The fourth-order valence-electron chi connectivity index (χ4n) is 1.84. The molecule has 1 aromatic carbocycles. The van der Waals surface area contributed by atoms with Gasteiger partial charge in [-0.2, -0.15) is 0 Å². The zero-order valence-corrected chi connectivity index (χ0v) is 9.95. The zero-order valence-electron chi connectivity index (χ0n) is 9.95. The molecule has 0 aliphatic rings. The van der Waals surface area contributed by atoms with Gasteiger partial charge in [0.2, 0.25) is 5.82 Å². The van der Waals surface area contributed by atoms with Crippen molar-refractivity contribution in [3.63, 3.8) is 0 Å². The van der Waals surface area contributed by atoms with Crippen LogP contribution in [-0.2, 0) is 0 Å². The van der Waals surface area contributed by atoms with E-state index in [-0.39, 0.29) is 11.4 Å². The number of nitrogens with zero attached hydrogens (tertiary/aromatic N) is 3. The van der Waals surface area contributed by atoms with Crippen LogP contribution in [0, 0.1) is 0 Å². The maximum absolute atomic E-state index is 11.8. The number of benzene rings is 1. The van der Waals surface area contributed by atoms with Crippen LogP contribution >= 0.6 is 0 Å². The van der Waals surface area contributed by atoms with Gasteiger partial charge in [-0.25, -0.2) is 9.97 Å². The van der Waals surface area contributed by atoms with Crippen LogP contribution in [0.25, 0.3) is 17.2 Å². The van der Waals surface area contributed by atoms with Crippen molar-refractivity contribution in [1.82, 2.24) is 19.5 Å². The number of imidazole rings is 1. The first kappa shape index (κ1) is 11.2. The molecule has 0 saturated carbocycles. The highest BCUT2D eigenvalue weighted by Crippen LogP contribution is 2.20. The average molecular weight is 253 g/mol. The van der Waals surface area contributed by atoms with E-state index in [1.54, 1.807) is 29.1 Å². The summed E-state index contributed by atoms with van der Waals surface area (Å²) in [7, 11) is 0. The minimum absolute atomic E-state index is 0.266. The Morgan fingerprint density at radius 1 is 1.11 bits per heavy atom. The van der Waals surface area contributed by atoms with Gasteiger partial charge in [0.1, 0.15) is 5.82 Å². The first-order valence-corrected chi connectivity index (χ1v) is 5.69. The standard InChI is InChI=1S/C13H11N5O/c14-10-3-1-9(2-4-10)11-16-7-8-18(11)12-13(19)17-6-5-15-12/h1-8H,14H2,(H,17,19). The molecule has 0 bridgehead atoms. The van der Waals surface area contributed by atoms with E-state index in [1.165, 1.54) is 12.4 Å². The molecule has 0 unspecified atom stereocenters. The number of rotatable bonds is 2. The number of nitrogen functional groups attached to an aromatic ring is 1. The van der Waals surface area contributed by atoms with Crippen molar-refractivity contribution in [2.75, 3.05) is 5.73 Å². The van der Waals surface area contributed by atoms with E-state index in [2.05, 4.69) is 15.0 Å². The van der Waals surface area contributed by atoms with Crippen molar-refractivity contribution in [1.29, 1.82) is 0 Å². The van der Waals surface area contributed by atoms with Crippen molar-refractivity contribution < 1.29 is 0 Å². The molecule has 0 radical (unpaired) electrons. The average Bonchev–Trinajstić information content (AvgIpc) is 2.89. The van der Waals surface area contributed by atoms with Gasteiger partial charge in [0, 0.05) is 36.0 Å². The van der Waals surface area contributed by atoms with Gasteiger partial charge in [0.25, 0.3) is 5.56 Å². The maximum Gasteiger partial charge on any atom is 0.291 e. The van der Waals surface area contributed by atoms with Gasteiger partial charge in [-0.15, -0.1) is 0 Å². The molecule has 19 heavy (non-hydrogen) atoms. The van der Waals surface area contributed by atoms with E-state index in [0.29, 0.717) is 11.5 Å². The van der Waals surface area contributed by atoms with Gasteiger partial charge in [-0.1, -0.05) is 0 Å². The second kappa shape index (κ2) is 4.41. The summed E-state index contributed by atoms with van der Waals surface area (Å²) in [5.74, 6) is 0.927. The molecule has 94 valence electrons. The third kappa shape index (κ3) is 1.99. The van der Waals surface area contributed by atoms with E-state index >= 15 is 0 Å². The van der Waals surface area contributed by atoms with Crippen molar-refractivity contribution >= 4 is 5.69 Å². The molecule has 6 heteroatoms. The largest absolute Gasteiger partial charge is 0.399 e. The van der Waals surface area contributed by atoms with Gasteiger partial charge in [0.15, 0.2) is 0 Å². The lowest BCUT2D eigenvalue weighted by molar-refractivity contribution is 0.952. The minimum atomic E-state index is -0.266. The molecule has 0 atom stereocenters. The van der Waals surface area contributed by atoms with E-state index in [1.807, 2.05) is 12.1 Å². The molecule has 3 aromatic rings. The number of nitrogens with two attached hydrogens (primary N) is 1. The Balaban J connectivity index is 2.16. The Hall–Kier alpha value is -2.89. The molecule has 2 aromatic heterocycles. The Kier molecular flexibility index (Phi) is 2.60. The normalized spacial score (nSPS) is 10.5. The van der Waals surface area contributed by atoms with E-state index in [0.717, 1.165) is 5.56 Å². The van der Waals surface area contributed by atoms with Crippen molar-refractivity contribution in [2.24, 2.45) is 0 Å². The van der Waals surface area contributed by atoms with Crippen LogP contribution in [0.15, 0.2) is 53.8 Å². The van der Waals surface area contributed by atoms with Crippen LogP contribution < -0.4 is 11.3 Å². The maximum atomic E-state index is 11.8. The highest BCUT2D eigenvalue weighted by molar-refractivity contribution is 5.60. The fraction of sp³-hybridized carbons (Fsp3) is 0. The summed E-state index contributed by atoms with van der Waals surface area (Å²) in [6.07, 6.45) is 6.35. The predicted octanol–water partition coefficient (Wildman–Crippen LogP) is 1.20. The van der Waals surface area contributed by atoms with Crippen molar-refractivity contribution in [2.45, 2.75) is 0 Å². The first-order chi connectivity index (χ1) is 9.25. The lowest BCUT2D eigenvalue weighted by Crippen LogP contribution is -2.16. The first-order valence-electron chi connectivity index (χ1n) is 5.69. The molecule has 3 N–H and O–H groups in total. The summed E-state index contributed by atoms with van der Waals surface area (Å²) in [5, 5.41) is 0. The topological polar surface area (TPSA) is 89.6 Å². The van der Waals surface area contributed by atoms with Crippen LogP contribution in [0.5, 0.6) is 0 Å². The molecule has 0 amide bonds. The monoisotopic (exact) mass is 253 g/mol. The summed E-state index contributed by atoms with van der Waals surface area (Å²) >= 11 is 0. The van der Waals surface area contributed by atoms with Gasteiger partial charge in [-0.3, -0.25) is 9.36 Å². The molecule has 3 rings (SSSR count). The molecule has 0 aliphatic heterocycles. The number of aromatic nitrogens is 4. The zero-order chi connectivity index (χ0) is 13.2. The number of anilines is 1. The summed E-state index contributed by atoms with van der Waals surface area (Å²) in [6, 6.07) is 7.28.